The highest BCUT2D eigenvalue weighted by Gasteiger charge is 2.31. The SMILES string of the molecule is O=C1CCC(C(=O)N2CCC(NCC3CC3)CC2)CN1. The number of carbonyl (C=O) groups is 2. The molecule has 0 radical (unpaired) electrons. The first-order chi connectivity index (χ1) is 9.72. The van der Waals surface area contributed by atoms with Gasteiger partial charge < -0.3 is 15.5 Å². The van der Waals surface area contributed by atoms with E-state index >= 15 is 0 Å². The van der Waals surface area contributed by atoms with E-state index in [1.165, 1.54) is 12.8 Å². The molecule has 1 atom stereocenters. The molecule has 3 rings (SSSR count). The summed E-state index contributed by atoms with van der Waals surface area (Å²) in [5.74, 6) is 1.24. The van der Waals surface area contributed by atoms with Gasteiger partial charge in [0.05, 0.1) is 5.92 Å². The van der Waals surface area contributed by atoms with Crippen molar-refractivity contribution in [2.24, 2.45) is 11.8 Å². The topological polar surface area (TPSA) is 61.4 Å². The standard InChI is InChI=1S/C15H25N3O2/c19-14-4-3-12(10-17-14)15(20)18-7-5-13(6-8-18)16-9-11-1-2-11/h11-13,16H,1-10H2,(H,17,19). The fourth-order valence-electron chi connectivity index (χ4n) is 3.16. The Labute approximate surface area is 120 Å². The van der Waals surface area contributed by atoms with Gasteiger partial charge in [0.25, 0.3) is 0 Å². The van der Waals surface area contributed by atoms with Crippen molar-refractivity contribution in [1.82, 2.24) is 15.5 Å². The molecule has 2 saturated heterocycles. The second-order valence-electron chi connectivity index (χ2n) is 6.49. The number of nitrogens with one attached hydrogen (secondary N) is 2. The van der Waals surface area contributed by atoms with Crippen molar-refractivity contribution in [1.29, 1.82) is 0 Å². The molecule has 3 fully saturated rings. The van der Waals surface area contributed by atoms with E-state index in [0.717, 1.165) is 38.4 Å². The third kappa shape index (κ3) is 3.51. The monoisotopic (exact) mass is 279 g/mol. The number of likely N-dealkylation sites (tertiary alicyclic amines) is 1. The Morgan fingerprint density at radius 3 is 2.55 bits per heavy atom. The molecule has 5 nitrogen and oxygen atoms in total. The van der Waals surface area contributed by atoms with E-state index < -0.39 is 0 Å². The molecular weight excluding hydrogens is 254 g/mol. The van der Waals surface area contributed by atoms with Crippen LogP contribution >= 0.6 is 0 Å². The fourth-order valence-corrected chi connectivity index (χ4v) is 3.16. The van der Waals surface area contributed by atoms with E-state index in [1.54, 1.807) is 0 Å². The van der Waals surface area contributed by atoms with Crippen molar-refractivity contribution in [2.45, 2.75) is 44.6 Å². The van der Waals surface area contributed by atoms with Crippen LogP contribution in [0.25, 0.3) is 0 Å². The van der Waals surface area contributed by atoms with Gasteiger partial charge in [0.15, 0.2) is 0 Å². The van der Waals surface area contributed by atoms with Crippen molar-refractivity contribution >= 4 is 11.8 Å². The molecule has 112 valence electrons. The second kappa shape index (κ2) is 6.12. The Morgan fingerprint density at radius 1 is 1.20 bits per heavy atom. The third-order valence-corrected chi connectivity index (χ3v) is 4.81. The van der Waals surface area contributed by atoms with Crippen LogP contribution in [0.5, 0.6) is 0 Å². The normalized spacial score (nSPS) is 28.3. The quantitative estimate of drug-likeness (QED) is 0.788. The van der Waals surface area contributed by atoms with Crippen molar-refractivity contribution in [2.75, 3.05) is 26.2 Å². The van der Waals surface area contributed by atoms with Gasteiger partial charge in [-0.2, -0.15) is 0 Å². The zero-order valence-electron chi connectivity index (χ0n) is 12.1. The molecule has 3 aliphatic rings. The smallest absolute Gasteiger partial charge is 0.227 e. The van der Waals surface area contributed by atoms with Gasteiger partial charge in [-0.05, 0) is 44.6 Å². The van der Waals surface area contributed by atoms with E-state index in [-0.39, 0.29) is 17.7 Å². The molecule has 2 N–H and O–H groups in total. The van der Waals surface area contributed by atoms with Crippen LogP contribution in [0.1, 0.15) is 38.5 Å². The summed E-state index contributed by atoms with van der Waals surface area (Å²) in [5, 5.41) is 6.44. The van der Waals surface area contributed by atoms with Crippen molar-refractivity contribution in [3.63, 3.8) is 0 Å². The zero-order chi connectivity index (χ0) is 13.9. The third-order valence-electron chi connectivity index (χ3n) is 4.81. The number of piperidine rings is 2. The van der Waals surface area contributed by atoms with E-state index in [2.05, 4.69) is 10.6 Å². The number of nitrogens with zero attached hydrogens (tertiary/aromatic N) is 1. The summed E-state index contributed by atoms with van der Waals surface area (Å²) < 4.78 is 0. The predicted molar refractivity (Wildman–Crippen MR) is 76.1 cm³/mol. The summed E-state index contributed by atoms with van der Waals surface area (Å²) >= 11 is 0. The van der Waals surface area contributed by atoms with Gasteiger partial charge in [-0.1, -0.05) is 0 Å². The summed E-state index contributed by atoms with van der Waals surface area (Å²) in [7, 11) is 0. The highest BCUT2D eigenvalue weighted by atomic mass is 16.2. The molecule has 0 spiro atoms. The molecular formula is C15H25N3O2. The van der Waals surface area contributed by atoms with E-state index in [1.807, 2.05) is 4.90 Å². The summed E-state index contributed by atoms with van der Waals surface area (Å²) in [6.45, 7) is 3.42. The largest absolute Gasteiger partial charge is 0.355 e. The molecule has 1 unspecified atom stereocenters. The van der Waals surface area contributed by atoms with Crippen LogP contribution in [-0.4, -0.2) is 48.9 Å². The zero-order valence-corrected chi connectivity index (χ0v) is 12.1. The number of hydrogen-bond acceptors (Lipinski definition) is 3. The number of rotatable bonds is 4. The van der Waals surface area contributed by atoms with Gasteiger partial charge in [0.1, 0.15) is 0 Å². The average molecular weight is 279 g/mol. The predicted octanol–water partition coefficient (Wildman–Crippen LogP) is 0.503. The van der Waals surface area contributed by atoms with Gasteiger partial charge >= 0.3 is 0 Å². The number of hydrogen-bond donors (Lipinski definition) is 2. The summed E-state index contributed by atoms with van der Waals surface area (Å²) in [6, 6.07) is 0.589. The Bertz CT molecular complexity index is 363. The molecule has 1 saturated carbocycles. The maximum atomic E-state index is 12.4. The van der Waals surface area contributed by atoms with E-state index in [4.69, 9.17) is 0 Å². The lowest BCUT2D eigenvalue weighted by atomic mass is 9.96. The molecule has 20 heavy (non-hydrogen) atoms. The Hall–Kier alpha value is -1.10. The highest BCUT2D eigenvalue weighted by molar-refractivity contribution is 5.83. The maximum absolute atomic E-state index is 12.4. The first kappa shape index (κ1) is 13.9. The van der Waals surface area contributed by atoms with Crippen LogP contribution in [-0.2, 0) is 9.59 Å². The molecule has 0 aromatic rings. The van der Waals surface area contributed by atoms with Crippen LogP contribution in [0, 0.1) is 11.8 Å². The van der Waals surface area contributed by atoms with Gasteiger partial charge in [0, 0.05) is 32.1 Å². The van der Waals surface area contributed by atoms with Crippen molar-refractivity contribution < 1.29 is 9.59 Å². The minimum atomic E-state index is 0.00340. The molecule has 1 aliphatic carbocycles. The Morgan fingerprint density at radius 2 is 1.95 bits per heavy atom. The van der Waals surface area contributed by atoms with Gasteiger partial charge in [-0.15, -0.1) is 0 Å². The molecule has 2 heterocycles. The highest BCUT2D eigenvalue weighted by Crippen LogP contribution is 2.28. The van der Waals surface area contributed by atoms with Crippen LogP contribution in [0.4, 0.5) is 0 Å². The number of amides is 2. The fraction of sp³-hybridized carbons (Fsp3) is 0.867. The van der Waals surface area contributed by atoms with Crippen LogP contribution in [0.2, 0.25) is 0 Å². The van der Waals surface area contributed by atoms with Gasteiger partial charge in [-0.25, -0.2) is 0 Å². The Kier molecular flexibility index (Phi) is 4.24. The first-order valence-electron chi connectivity index (χ1n) is 8.01. The molecule has 5 heteroatoms. The summed E-state index contributed by atoms with van der Waals surface area (Å²) in [4.78, 5) is 25.5. The van der Waals surface area contributed by atoms with Gasteiger partial charge in [0.2, 0.25) is 11.8 Å². The summed E-state index contributed by atoms with van der Waals surface area (Å²) in [6.07, 6.45) is 6.12. The lowest BCUT2D eigenvalue weighted by molar-refractivity contribution is -0.138. The second-order valence-corrected chi connectivity index (χ2v) is 6.49. The van der Waals surface area contributed by atoms with Crippen LogP contribution in [0.3, 0.4) is 0 Å². The van der Waals surface area contributed by atoms with Crippen molar-refractivity contribution in [3.05, 3.63) is 0 Å². The van der Waals surface area contributed by atoms with Crippen molar-refractivity contribution in [3.8, 4) is 0 Å². The lowest BCUT2D eigenvalue weighted by Gasteiger charge is -2.35. The molecule has 0 aromatic heterocycles. The minimum absolute atomic E-state index is 0.00340. The number of carbonyl (C=O) groups excluding carboxylic acids is 2. The van der Waals surface area contributed by atoms with Gasteiger partial charge in [-0.3, -0.25) is 9.59 Å². The maximum Gasteiger partial charge on any atom is 0.227 e. The van der Waals surface area contributed by atoms with Crippen LogP contribution < -0.4 is 10.6 Å². The van der Waals surface area contributed by atoms with E-state index in [9.17, 15) is 9.59 Å². The molecule has 0 bridgehead atoms. The van der Waals surface area contributed by atoms with Crippen LogP contribution in [0.15, 0.2) is 0 Å². The molecule has 2 amide bonds. The van der Waals surface area contributed by atoms with E-state index in [0.29, 0.717) is 25.4 Å². The minimum Gasteiger partial charge on any atom is -0.355 e. The Balaban J connectivity index is 1.40. The summed E-state index contributed by atoms with van der Waals surface area (Å²) in [5.41, 5.74) is 0. The molecule has 0 aromatic carbocycles. The molecule has 2 aliphatic heterocycles. The average Bonchev–Trinajstić information content (AvgIpc) is 3.30. The first-order valence-corrected chi connectivity index (χ1v) is 8.01. The lowest BCUT2D eigenvalue weighted by Crippen LogP contribution is -2.50.